The van der Waals surface area contributed by atoms with Crippen molar-refractivity contribution < 1.29 is 14.6 Å². The highest BCUT2D eigenvalue weighted by Crippen LogP contribution is 2.29. The normalized spacial score (nSPS) is 32.7. The van der Waals surface area contributed by atoms with Crippen LogP contribution in [0.1, 0.15) is 13.8 Å². The number of amides is 1. The van der Waals surface area contributed by atoms with Gasteiger partial charge in [-0.1, -0.05) is 0 Å². The average Bonchev–Trinajstić information content (AvgIpc) is 2.57. The average molecular weight is 216 g/mol. The number of hydrogen-bond acceptors (Lipinski definition) is 4. The van der Waals surface area contributed by atoms with Crippen LogP contribution >= 0.6 is 0 Å². The third-order valence-corrected chi connectivity index (χ3v) is 3.25. The Bertz CT molecular complexity index is 247. The van der Waals surface area contributed by atoms with Gasteiger partial charge < -0.3 is 20.5 Å². The molecule has 1 amide bonds. The Morgan fingerprint density at radius 2 is 2.40 bits per heavy atom. The van der Waals surface area contributed by atoms with Gasteiger partial charge in [0.2, 0.25) is 5.91 Å². The molecule has 1 aliphatic heterocycles. The zero-order valence-electron chi connectivity index (χ0n) is 9.56. The Morgan fingerprint density at radius 1 is 1.80 bits per heavy atom. The molecule has 0 saturated carbocycles. The summed E-state index contributed by atoms with van der Waals surface area (Å²) in [4.78, 5) is 13.7. The maximum absolute atomic E-state index is 12.1. The third kappa shape index (κ3) is 2.14. The number of carbonyl (C=O) groups excluding carboxylic acids is 1. The maximum atomic E-state index is 12.1. The summed E-state index contributed by atoms with van der Waals surface area (Å²) in [6, 6.07) is -0.458. The first-order chi connectivity index (χ1) is 6.93. The van der Waals surface area contributed by atoms with Crippen LogP contribution in [0.2, 0.25) is 0 Å². The fourth-order valence-electron chi connectivity index (χ4n) is 1.63. The van der Waals surface area contributed by atoms with Crippen LogP contribution in [0.15, 0.2) is 0 Å². The van der Waals surface area contributed by atoms with Crippen LogP contribution in [0.3, 0.4) is 0 Å². The molecule has 1 rings (SSSR count). The van der Waals surface area contributed by atoms with Gasteiger partial charge in [-0.15, -0.1) is 0 Å². The summed E-state index contributed by atoms with van der Waals surface area (Å²) in [5.41, 5.74) is 5.20. The predicted molar refractivity (Wildman–Crippen MR) is 56.2 cm³/mol. The van der Waals surface area contributed by atoms with Crippen LogP contribution < -0.4 is 5.73 Å². The van der Waals surface area contributed by atoms with Crippen LogP contribution in [0.4, 0.5) is 0 Å². The minimum Gasteiger partial charge on any atom is -0.394 e. The molecule has 0 aromatic heterocycles. The molecule has 1 saturated heterocycles. The molecule has 0 aromatic carbocycles. The number of aliphatic hydroxyl groups is 1. The lowest BCUT2D eigenvalue weighted by molar-refractivity contribution is -0.143. The van der Waals surface area contributed by atoms with Crippen molar-refractivity contribution in [2.45, 2.75) is 25.9 Å². The summed E-state index contributed by atoms with van der Waals surface area (Å²) in [5.74, 6) is -0.0611. The van der Waals surface area contributed by atoms with Gasteiger partial charge in [0, 0.05) is 13.1 Å². The zero-order valence-corrected chi connectivity index (χ0v) is 9.56. The Kier molecular flexibility index (Phi) is 3.70. The molecule has 1 fully saturated rings. The van der Waals surface area contributed by atoms with Crippen molar-refractivity contribution in [3.63, 3.8) is 0 Å². The van der Waals surface area contributed by atoms with Crippen molar-refractivity contribution in [1.29, 1.82) is 0 Å². The predicted octanol–water partition coefficient (Wildman–Crippen LogP) is -0.811. The number of nitrogens with zero attached hydrogens (tertiary/aromatic N) is 1. The van der Waals surface area contributed by atoms with E-state index in [9.17, 15) is 4.79 Å². The van der Waals surface area contributed by atoms with Gasteiger partial charge in [-0.2, -0.15) is 0 Å². The SMILES string of the molecule is CC(CO)N(C)C(=O)C1(C)COCC1N. The summed E-state index contributed by atoms with van der Waals surface area (Å²) in [7, 11) is 1.68. The van der Waals surface area contributed by atoms with E-state index in [4.69, 9.17) is 15.6 Å². The second-order valence-electron chi connectivity index (χ2n) is 4.49. The second kappa shape index (κ2) is 4.47. The first-order valence-corrected chi connectivity index (χ1v) is 5.15. The largest absolute Gasteiger partial charge is 0.394 e. The molecule has 1 heterocycles. The molecule has 0 aromatic rings. The molecule has 88 valence electrons. The fourth-order valence-corrected chi connectivity index (χ4v) is 1.63. The fraction of sp³-hybridized carbons (Fsp3) is 0.900. The molecule has 0 bridgehead atoms. The van der Waals surface area contributed by atoms with Crippen LogP contribution in [0.5, 0.6) is 0 Å². The standard InChI is InChI=1S/C10H20N2O3/c1-7(4-13)12(3)9(14)10(2)6-15-5-8(10)11/h7-8,13H,4-6,11H2,1-3H3. The van der Waals surface area contributed by atoms with Crippen LogP contribution in [0.25, 0.3) is 0 Å². The number of aliphatic hydroxyl groups excluding tert-OH is 1. The maximum Gasteiger partial charge on any atom is 0.232 e. The number of ether oxygens (including phenoxy) is 1. The molecule has 0 aliphatic carbocycles. The Labute approximate surface area is 90.2 Å². The van der Waals surface area contributed by atoms with E-state index in [1.165, 1.54) is 4.90 Å². The zero-order chi connectivity index (χ0) is 11.6. The second-order valence-corrected chi connectivity index (χ2v) is 4.49. The van der Waals surface area contributed by atoms with Gasteiger partial charge in [0.15, 0.2) is 0 Å². The highest BCUT2D eigenvalue weighted by molar-refractivity contribution is 5.83. The van der Waals surface area contributed by atoms with E-state index >= 15 is 0 Å². The van der Waals surface area contributed by atoms with Crippen LogP contribution in [-0.4, -0.2) is 54.9 Å². The third-order valence-electron chi connectivity index (χ3n) is 3.25. The highest BCUT2D eigenvalue weighted by atomic mass is 16.5. The molecule has 5 nitrogen and oxygen atoms in total. The van der Waals surface area contributed by atoms with Gasteiger partial charge in [-0.3, -0.25) is 4.79 Å². The first kappa shape index (κ1) is 12.4. The molecule has 3 unspecified atom stereocenters. The van der Waals surface area contributed by atoms with Crippen molar-refractivity contribution in [2.24, 2.45) is 11.1 Å². The molecular weight excluding hydrogens is 196 g/mol. The minimum atomic E-state index is -0.655. The number of nitrogens with two attached hydrogens (primary N) is 1. The topological polar surface area (TPSA) is 75.8 Å². The molecule has 15 heavy (non-hydrogen) atoms. The molecule has 3 atom stereocenters. The van der Waals surface area contributed by atoms with E-state index < -0.39 is 5.41 Å². The van der Waals surface area contributed by atoms with Gasteiger partial charge in [-0.25, -0.2) is 0 Å². The van der Waals surface area contributed by atoms with Gasteiger partial charge in [-0.05, 0) is 13.8 Å². The van der Waals surface area contributed by atoms with E-state index in [1.807, 2.05) is 6.92 Å². The van der Waals surface area contributed by atoms with E-state index in [2.05, 4.69) is 0 Å². The summed E-state index contributed by atoms with van der Waals surface area (Å²) in [6.07, 6.45) is 0. The highest BCUT2D eigenvalue weighted by Gasteiger charge is 2.46. The summed E-state index contributed by atoms with van der Waals surface area (Å²) in [6.45, 7) is 4.34. The van der Waals surface area contributed by atoms with E-state index in [0.717, 1.165) is 0 Å². The molecule has 0 radical (unpaired) electrons. The summed E-state index contributed by atoms with van der Waals surface area (Å²) >= 11 is 0. The van der Waals surface area contributed by atoms with Crippen molar-refractivity contribution >= 4 is 5.91 Å². The molecular formula is C10H20N2O3. The van der Waals surface area contributed by atoms with E-state index in [0.29, 0.717) is 13.2 Å². The van der Waals surface area contributed by atoms with Crippen molar-refractivity contribution in [2.75, 3.05) is 26.9 Å². The lowest BCUT2D eigenvalue weighted by Gasteiger charge is -2.33. The molecule has 3 N–H and O–H groups in total. The van der Waals surface area contributed by atoms with Crippen molar-refractivity contribution in [3.05, 3.63) is 0 Å². The lowest BCUT2D eigenvalue weighted by atomic mass is 9.84. The number of rotatable bonds is 3. The molecule has 5 heteroatoms. The van der Waals surface area contributed by atoms with Crippen molar-refractivity contribution in [3.8, 4) is 0 Å². The van der Waals surface area contributed by atoms with Gasteiger partial charge in [0.05, 0.1) is 31.3 Å². The van der Waals surface area contributed by atoms with E-state index in [1.54, 1.807) is 14.0 Å². The smallest absolute Gasteiger partial charge is 0.232 e. The van der Waals surface area contributed by atoms with Crippen LogP contribution in [0, 0.1) is 5.41 Å². The van der Waals surface area contributed by atoms with Gasteiger partial charge in [0.1, 0.15) is 0 Å². The van der Waals surface area contributed by atoms with Gasteiger partial charge in [0.25, 0.3) is 0 Å². The Balaban J connectivity index is 2.75. The minimum absolute atomic E-state index is 0.0472. The molecule has 1 aliphatic rings. The van der Waals surface area contributed by atoms with Crippen LogP contribution in [-0.2, 0) is 9.53 Å². The quantitative estimate of drug-likeness (QED) is 0.647. The Morgan fingerprint density at radius 3 is 2.80 bits per heavy atom. The van der Waals surface area contributed by atoms with Crippen molar-refractivity contribution in [1.82, 2.24) is 4.90 Å². The first-order valence-electron chi connectivity index (χ1n) is 5.15. The number of hydrogen-bond donors (Lipinski definition) is 2. The summed E-state index contributed by atoms with van der Waals surface area (Å²) < 4.78 is 5.22. The monoisotopic (exact) mass is 216 g/mol. The van der Waals surface area contributed by atoms with Gasteiger partial charge >= 0.3 is 0 Å². The number of likely N-dealkylation sites (N-methyl/N-ethyl adjacent to an activating group) is 1. The summed E-state index contributed by atoms with van der Waals surface area (Å²) in [5, 5.41) is 8.99. The van der Waals surface area contributed by atoms with E-state index in [-0.39, 0.29) is 24.6 Å². The number of carbonyl (C=O) groups is 1. The Hall–Kier alpha value is -0.650. The lowest BCUT2D eigenvalue weighted by Crippen LogP contribution is -2.53. The molecule has 0 spiro atoms.